The summed E-state index contributed by atoms with van der Waals surface area (Å²) in [6, 6.07) is 11.2. The van der Waals surface area contributed by atoms with Crippen molar-refractivity contribution in [3.8, 4) is 0 Å². The molecule has 6 N–H and O–H groups in total. The van der Waals surface area contributed by atoms with E-state index in [1.54, 1.807) is 0 Å². The average Bonchev–Trinajstić information content (AvgIpc) is 2.14. The first-order chi connectivity index (χ1) is 7.93. The molecule has 0 saturated carbocycles. The van der Waals surface area contributed by atoms with Crippen LogP contribution >= 0.6 is 13.4 Å². The van der Waals surface area contributed by atoms with Crippen molar-refractivity contribution in [2.24, 2.45) is 0 Å². The number of hydrogen-bond donors (Lipinski definition) is 6. The molecule has 0 aromatic heterocycles. The minimum atomic E-state index is -3.81. The fraction of sp³-hybridized carbons (Fsp3) is 0.250. The fourth-order valence-corrected chi connectivity index (χ4v) is 0.650. The molecule has 0 atom stereocenters. The standard InChI is InChI=1S/C8H9.2H3O3PS.Zn/c1-2-8-6-4-3-5-7-8;2*1-4(2,3)5;/h3-6H,2H2,1H3;2*(H3,1,2,3,5);/q-1;;;. The Morgan fingerprint density at radius 2 is 1.37 bits per heavy atom. The Balaban J connectivity index is -0.000000208. The van der Waals surface area contributed by atoms with Crippen LogP contribution in [0.4, 0.5) is 0 Å². The van der Waals surface area contributed by atoms with Crippen LogP contribution in [0.1, 0.15) is 12.5 Å². The van der Waals surface area contributed by atoms with Gasteiger partial charge in [0.2, 0.25) is 0 Å². The number of aryl methyl sites for hydroxylation is 1. The molecule has 0 unspecified atom stereocenters. The second-order valence-electron chi connectivity index (χ2n) is 2.77. The van der Waals surface area contributed by atoms with E-state index in [0.29, 0.717) is 0 Å². The summed E-state index contributed by atoms with van der Waals surface area (Å²) in [6.45, 7) is -5.48. The van der Waals surface area contributed by atoms with Crippen LogP contribution in [0.3, 0.4) is 0 Å². The first-order valence-electron chi connectivity index (χ1n) is 4.45. The number of benzene rings is 1. The molecule has 0 saturated heterocycles. The predicted molar refractivity (Wildman–Crippen MR) is 76.5 cm³/mol. The Morgan fingerprint density at radius 1 is 1.00 bits per heavy atom. The molecule has 108 valence electrons. The molecule has 0 heterocycles. The molecule has 0 fully saturated rings. The fourth-order valence-electron chi connectivity index (χ4n) is 0.650. The molecular weight excluding hydrogens is 384 g/mol. The summed E-state index contributed by atoms with van der Waals surface area (Å²) in [5, 5.41) is 0. The van der Waals surface area contributed by atoms with Crippen LogP contribution in [-0.2, 0) is 49.5 Å². The largest absolute Gasteiger partial charge is 0.325 e. The number of hydrogen-bond acceptors (Lipinski definition) is 2. The summed E-state index contributed by atoms with van der Waals surface area (Å²) in [6.07, 6.45) is 1.08. The summed E-state index contributed by atoms with van der Waals surface area (Å²) in [5.41, 5.74) is 1.28. The van der Waals surface area contributed by atoms with Gasteiger partial charge in [-0.25, -0.2) is 0 Å². The van der Waals surface area contributed by atoms with Crippen LogP contribution in [0.5, 0.6) is 0 Å². The van der Waals surface area contributed by atoms with E-state index >= 15 is 0 Å². The van der Waals surface area contributed by atoms with Crippen molar-refractivity contribution in [1.82, 2.24) is 0 Å². The molecule has 0 amide bonds. The Bertz CT molecular complexity index is 370. The second kappa shape index (κ2) is 12.6. The molecule has 6 nitrogen and oxygen atoms in total. The molecule has 11 heteroatoms. The van der Waals surface area contributed by atoms with Crippen LogP contribution in [-0.4, -0.2) is 29.4 Å². The van der Waals surface area contributed by atoms with Crippen molar-refractivity contribution in [2.45, 2.75) is 13.3 Å². The van der Waals surface area contributed by atoms with Crippen LogP contribution in [0.15, 0.2) is 24.3 Å². The zero-order chi connectivity index (χ0) is 14.8. The van der Waals surface area contributed by atoms with Gasteiger partial charge < -0.3 is 29.4 Å². The van der Waals surface area contributed by atoms with Gasteiger partial charge in [0.1, 0.15) is 0 Å². The van der Waals surface area contributed by atoms with E-state index in [4.69, 9.17) is 29.4 Å². The third-order valence-electron chi connectivity index (χ3n) is 1.15. The number of rotatable bonds is 1. The van der Waals surface area contributed by atoms with Crippen molar-refractivity contribution in [2.75, 3.05) is 0 Å². The molecule has 0 radical (unpaired) electrons. The maximum Gasteiger partial charge on any atom is 0.319 e. The van der Waals surface area contributed by atoms with Crippen LogP contribution in [0.25, 0.3) is 0 Å². The summed E-state index contributed by atoms with van der Waals surface area (Å²) in [7, 11) is 0. The van der Waals surface area contributed by atoms with Crippen molar-refractivity contribution in [3.05, 3.63) is 35.9 Å². The monoisotopic (exact) mass is 397 g/mol. The maximum atomic E-state index is 7.56. The topological polar surface area (TPSA) is 121 Å². The predicted octanol–water partition coefficient (Wildman–Crippen LogP) is 0.422. The van der Waals surface area contributed by atoms with Gasteiger partial charge in [-0.15, -0.1) is 0 Å². The first-order valence-corrected chi connectivity index (χ1v) is 9.77. The quantitative estimate of drug-likeness (QED) is 0.229. The van der Waals surface area contributed by atoms with E-state index in [1.165, 1.54) is 5.56 Å². The Kier molecular flexibility index (Phi) is 16.5. The maximum absolute atomic E-state index is 7.56. The average molecular weight is 399 g/mol. The molecule has 0 aliphatic carbocycles. The van der Waals surface area contributed by atoms with E-state index in [9.17, 15) is 0 Å². The Hall–Kier alpha value is 0.903. The van der Waals surface area contributed by atoms with Gasteiger partial charge >= 0.3 is 13.4 Å². The third-order valence-corrected chi connectivity index (χ3v) is 1.15. The summed E-state index contributed by atoms with van der Waals surface area (Å²) < 4.78 is 0. The van der Waals surface area contributed by atoms with Crippen LogP contribution < -0.4 is 0 Å². The molecule has 1 rings (SSSR count). The van der Waals surface area contributed by atoms with E-state index in [-0.39, 0.29) is 19.5 Å². The molecule has 0 spiro atoms. The molecule has 19 heavy (non-hydrogen) atoms. The Morgan fingerprint density at radius 3 is 1.53 bits per heavy atom. The van der Waals surface area contributed by atoms with Gasteiger partial charge in [0, 0.05) is 19.5 Å². The van der Waals surface area contributed by atoms with Crippen LogP contribution in [0.2, 0.25) is 0 Å². The smallest absolute Gasteiger partial charge is 0.319 e. The van der Waals surface area contributed by atoms with E-state index in [1.807, 2.05) is 18.2 Å². The first kappa shape index (κ1) is 24.9. The van der Waals surface area contributed by atoms with Gasteiger partial charge in [-0.1, -0.05) is 13.3 Å². The minimum Gasteiger partial charge on any atom is -0.325 e. The zero-order valence-corrected chi connectivity index (χ0v) is 16.5. The zero-order valence-electron chi connectivity index (χ0n) is 10.1. The van der Waals surface area contributed by atoms with Gasteiger partial charge in [0.05, 0.1) is 0 Å². The third kappa shape index (κ3) is 45.4. The molecule has 0 bridgehead atoms. The molecular formula is C8H15O6P2S2Zn-. The van der Waals surface area contributed by atoms with Crippen molar-refractivity contribution in [3.63, 3.8) is 0 Å². The summed E-state index contributed by atoms with van der Waals surface area (Å²) in [4.78, 5) is 45.3. The molecule has 1 aromatic rings. The van der Waals surface area contributed by atoms with E-state index in [0.717, 1.165) is 6.42 Å². The minimum absolute atomic E-state index is 0. The van der Waals surface area contributed by atoms with Gasteiger partial charge in [-0.2, -0.15) is 35.9 Å². The van der Waals surface area contributed by atoms with Crippen molar-refractivity contribution in [1.29, 1.82) is 0 Å². The molecule has 0 aliphatic rings. The SMILES string of the molecule is CCc1[c-]cccc1.OP(O)(O)=S.OP(O)(O)=S.[Zn]. The molecule has 1 aromatic carbocycles. The van der Waals surface area contributed by atoms with Gasteiger partial charge in [0.25, 0.3) is 0 Å². The van der Waals surface area contributed by atoms with Gasteiger partial charge in [-0.3, -0.25) is 0 Å². The second-order valence-corrected chi connectivity index (χ2v) is 7.76. The Labute approximate surface area is 135 Å². The summed E-state index contributed by atoms with van der Waals surface area (Å²) in [5.74, 6) is 0. The van der Waals surface area contributed by atoms with E-state index < -0.39 is 13.4 Å². The molecule has 0 aliphatic heterocycles. The van der Waals surface area contributed by atoms with Crippen LogP contribution in [0, 0.1) is 6.07 Å². The van der Waals surface area contributed by atoms with E-state index in [2.05, 4.69) is 42.7 Å². The van der Waals surface area contributed by atoms with Crippen molar-refractivity contribution < 1.29 is 48.8 Å². The van der Waals surface area contributed by atoms with Gasteiger partial charge in [-0.05, 0) is 23.6 Å². The normalized spacial score (nSPS) is 10.1. The van der Waals surface area contributed by atoms with Crippen molar-refractivity contribution >= 4 is 37.1 Å². The summed E-state index contributed by atoms with van der Waals surface area (Å²) >= 11 is 7.21. The van der Waals surface area contributed by atoms with Gasteiger partial charge in [0.15, 0.2) is 0 Å².